The highest BCUT2D eigenvalue weighted by Gasteiger charge is 2.35. The van der Waals surface area contributed by atoms with E-state index in [-0.39, 0.29) is 12.0 Å². The topological polar surface area (TPSA) is 59.0 Å². The van der Waals surface area contributed by atoms with Crippen LogP contribution in [-0.2, 0) is 4.79 Å². The Kier molecular flexibility index (Phi) is 8.65. The zero-order valence-electron chi connectivity index (χ0n) is 19.3. The van der Waals surface area contributed by atoms with E-state index in [9.17, 15) is 4.79 Å². The van der Waals surface area contributed by atoms with Crippen LogP contribution in [0.4, 0.5) is 11.4 Å². The third kappa shape index (κ3) is 5.67. The van der Waals surface area contributed by atoms with Crippen molar-refractivity contribution in [2.24, 2.45) is 5.41 Å². The second-order valence-electron chi connectivity index (χ2n) is 8.18. The van der Waals surface area contributed by atoms with Gasteiger partial charge >= 0.3 is 5.97 Å². The lowest BCUT2D eigenvalue weighted by atomic mass is 9.81. The summed E-state index contributed by atoms with van der Waals surface area (Å²) in [5.74, 6) is 1.54. The van der Waals surface area contributed by atoms with Crippen LogP contribution < -0.4 is 14.4 Å². The number of methoxy groups -OCH3 is 1. The average Bonchev–Trinajstić information content (AvgIpc) is 2.98. The molecule has 2 aromatic carbocycles. The molecule has 0 spiro atoms. The van der Waals surface area contributed by atoms with Gasteiger partial charge in [0.25, 0.3) is 0 Å². The first-order valence-electron chi connectivity index (χ1n) is 11.1. The van der Waals surface area contributed by atoms with E-state index in [0.29, 0.717) is 5.75 Å². The van der Waals surface area contributed by atoms with Crippen LogP contribution in [0.1, 0.15) is 39.5 Å². The molecule has 1 N–H and O–H groups in total. The molecule has 32 heavy (non-hydrogen) atoms. The Morgan fingerprint density at radius 1 is 1.25 bits per heavy atom. The minimum atomic E-state index is -0.968. The number of aliphatic carboxylic acids is 1. The van der Waals surface area contributed by atoms with Crippen molar-refractivity contribution in [3.05, 3.63) is 36.4 Å². The van der Waals surface area contributed by atoms with Crippen LogP contribution >= 0.6 is 23.5 Å². The highest BCUT2D eigenvalue weighted by atomic mass is 32.2. The van der Waals surface area contributed by atoms with Crippen LogP contribution in [0.5, 0.6) is 11.5 Å². The molecular formula is C25H33NO4S2. The number of carboxylic acids is 1. The Bertz CT molecular complexity index is 919. The zero-order chi connectivity index (χ0) is 23.1. The summed E-state index contributed by atoms with van der Waals surface area (Å²) in [6.45, 7) is 5.15. The van der Waals surface area contributed by atoms with Crippen LogP contribution in [0, 0.1) is 5.41 Å². The van der Waals surface area contributed by atoms with E-state index < -0.39 is 5.97 Å². The molecule has 2 aromatic rings. The fourth-order valence-electron chi connectivity index (χ4n) is 4.05. The highest BCUT2D eigenvalue weighted by Crippen LogP contribution is 2.49. The number of thioether (sulfide) groups is 2. The van der Waals surface area contributed by atoms with Gasteiger partial charge in [0.15, 0.2) is 6.61 Å². The van der Waals surface area contributed by atoms with Crippen molar-refractivity contribution >= 4 is 40.9 Å². The quantitative estimate of drug-likeness (QED) is 0.383. The number of anilines is 2. The summed E-state index contributed by atoms with van der Waals surface area (Å²) in [4.78, 5) is 15.6. The van der Waals surface area contributed by atoms with Crippen molar-refractivity contribution in [2.45, 2.75) is 49.3 Å². The van der Waals surface area contributed by atoms with E-state index in [1.54, 1.807) is 18.9 Å². The number of benzene rings is 2. The molecule has 5 nitrogen and oxygen atoms in total. The van der Waals surface area contributed by atoms with Gasteiger partial charge in [-0.15, -0.1) is 23.5 Å². The van der Waals surface area contributed by atoms with Gasteiger partial charge in [-0.3, -0.25) is 0 Å². The lowest BCUT2D eigenvalue weighted by Gasteiger charge is -2.37. The van der Waals surface area contributed by atoms with Crippen LogP contribution in [-0.4, -0.2) is 43.3 Å². The molecule has 1 atom stereocenters. The third-order valence-corrected chi connectivity index (χ3v) is 8.26. The maximum absolute atomic E-state index is 11.1. The number of hydrogen-bond acceptors (Lipinski definition) is 6. The van der Waals surface area contributed by atoms with Crippen molar-refractivity contribution in [1.82, 2.24) is 0 Å². The number of fused-ring (bicyclic) bond motifs is 1. The van der Waals surface area contributed by atoms with E-state index in [1.165, 1.54) is 19.3 Å². The fourth-order valence-corrected chi connectivity index (χ4v) is 6.01. The number of hydrogen-bond donors (Lipinski definition) is 1. The van der Waals surface area contributed by atoms with E-state index in [1.807, 2.05) is 36.2 Å². The van der Waals surface area contributed by atoms with Gasteiger partial charge in [-0.1, -0.05) is 26.7 Å². The molecule has 0 saturated heterocycles. The fraction of sp³-hybridized carbons (Fsp3) is 0.480. The van der Waals surface area contributed by atoms with Crippen LogP contribution in [0.15, 0.2) is 46.2 Å². The highest BCUT2D eigenvalue weighted by molar-refractivity contribution is 7.99. The van der Waals surface area contributed by atoms with Gasteiger partial charge < -0.3 is 19.5 Å². The van der Waals surface area contributed by atoms with Gasteiger partial charge in [0.2, 0.25) is 0 Å². The number of nitrogens with zero attached hydrogens (tertiary/aromatic N) is 1. The number of carbonyl (C=O) groups is 1. The Morgan fingerprint density at radius 2 is 2.00 bits per heavy atom. The van der Waals surface area contributed by atoms with Gasteiger partial charge in [-0.2, -0.15) is 0 Å². The lowest BCUT2D eigenvalue weighted by molar-refractivity contribution is -0.139. The standard InChI is InChI=1S/C25H33NO4S2/c1-5-7-12-25(6-2)16-26(18-8-10-19(29-3)11-9-18)20-13-23(31-4)21(30-15-24(27)28)14-22(20)32-17-25/h8-11,13-14H,5-7,12,15-17H2,1-4H3,(H,27,28). The Hall–Kier alpha value is -1.99. The molecule has 0 bridgehead atoms. The van der Waals surface area contributed by atoms with E-state index in [4.69, 9.17) is 14.6 Å². The molecule has 7 heteroatoms. The molecule has 0 saturated carbocycles. The molecule has 0 fully saturated rings. The summed E-state index contributed by atoms with van der Waals surface area (Å²) in [5, 5.41) is 9.08. The van der Waals surface area contributed by atoms with E-state index in [2.05, 4.69) is 36.9 Å². The van der Waals surface area contributed by atoms with Crippen LogP contribution in [0.25, 0.3) is 0 Å². The maximum atomic E-state index is 11.1. The Morgan fingerprint density at radius 3 is 2.59 bits per heavy atom. The Labute approximate surface area is 199 Å². The number of carboxylic acid groups (broad SMARTS) is 1. The largest absolute Gasteiger partial charge is 0.497 e. The van der Waals surface area contributed by atoms with Gasteiger partial charge in [-0.05, 0) is 60.9 Å². The van der Waals surface area contributed by atoms with E-state index >= 15 is 0 Å². The second kappa shape index (κ2) is 11.2. The van der Waals surface area contributed by atoms with Gasteiger partial charge in [0, 0.05) is 22.9 Å². The average molecular weight is 476 g/mol. The van der Waals surface area contributed by atoms with Gasteiger partial charge in [0.1, 0.15) is 11.5 Å². The summed E-state index contributed by atoms with van der Waals surface area (Å²) in [5.41, 5.74) is 2.48. The van der Waals surface area contributed by atoms with Crippen LogP contribution in [0.2, 0.25) is 0 Å². The number of unbranched alkanes of at least 4 members (excludes halogenated alkanes) is 1. The maximum Gasteiger partial charge on any atom is 0.341 e. The summed E-state index contributed by atoms with van der Waals surface area (Å²) in [6, 6.07) is 12.4. The minimum Gasteiger partial charge on any atom is -0.497 e. The monoisotopic (exact) mass is 475 g/mol. The van der Waals surface area contributed by atoms with Crippen molar-refractivity contribution in [2.75, 3.05) is 37.2 Å². The summed E-state index contributed by atoms with van der Waals surface area (Å²) in [7, 11) is 1.68. The minimum absolute atomic E-state index is 0.196. The first kappa shape index (κ1) is 24.6. The molecular weight excluding hydrogens is 442 g/mol. The SMILES string of the molecule is CCCCC1(CC)CSc2cc(OCC(=O)O)c(SC)cc2N(c2ccc(OC)cc2)C1. The normalized spacial score (nSPS) is 18.1. The molecule has 0 aliphatic carbocycles. The van der Waals surface area contributed by atoms with E-state index in [0.717, 1.165) is 45.6 Å². The molecule has 0 aromatic heterocycles. The van der Waals surface area contributed by atoms with Crippen molar-refractivity contribution in [3.63, 3.8) is 0 Å². The summed E-state index contributed by atoms with van der Waals surface area (Å²) < 4.78 is 11.0. The molecule has 1 unspecified atom stereocenters. The Balaban J connectivity index is 2.09. The molecule has 3 rings (SSSR count). The van der Waals surface area contributed by atoms with Crippen LogP contribution in [0.3, 0.4) is 0 Å². The predicted molar refractivity (Wildman–Crippen MR) is 134 cm³/mol. The van der Waals surface area contributed by atoms with Crippen molar-refractivity contribution in [1.29, 1.82) is 0 Å². The van der Waals surface area contributed by atoms with Crippen molar-refractivity contribution < 1.29 is 19.4 Å². The number of rotatable bonds is 10. The zero-order valence-corrected chi connectivity index (χ0v) is 21.0. The first-order chi connectivity index (χ1) is 15.4. The molecule has 1 heterocycles. The molecule has 0 radical (unpaired) electrons. The molecule has 174 valence electrons. The van der Waals surface area contributed by atoms with Gasteiger partial charge in [0.05, 0.1) is 17.7 Å². The lowest BCUT2D eigenvalue weighted by Crippen LogP contribution is -2.36. The summed E-state index contributed by atoms with van der Waals surface area (Å²) >= 11 is 3.44. The van der Waals surface area contributed by atoms with Gasteiger partial charge in [-0.25, -0.2) is 4.79 Å². The first-order valence-corrected chi connectivity index (χ1v) is 13.3. The molecule has 1 aliphatic rings. The summed E-state index contributed by atoms with van der Waals surface area (Å²) in [6.07, 6.45) is 6.69. The predicted octanol–water partition coefficient (Wildman–Crippen LogP) is 6.71. The third-order valence-electron chi connectivity index (χ3n) is 6.11. The molecule has 1 aliphatic heterocycles. The second-order valence-corrected chi connectivity index (χ2v) is 10.0. The smallest absolute Gasteiger partial charge is 0.341 e. The molecule has 0 amide bonds. The van der Waals surface area contributed by atoms with Crippen molar-refractivity contribution in [3.8, 4) is 11.5 Å². The number of ether oxygens (including phenoxy) is 2.